The second-order valence-electron chi connectivity index (χ2n) is 5.75. The molecule has 6 nitrogen and oxygen atoms in total. The molecule has 0 aliphatic heterocycles. The predicted octanol–water partition coefficient (Wildman–Crippen LogP) is 2.97. The fraction of sp³-hybridized carbons (Fsp3) is 0.375. The lowest BCUT2D eigenvalue weighted by molar-refractivity contribution is 0.696. The molecule has 0 spiro atoms. The van der Waals surface area contributed by atoms with Crippen molar-refractivity contribution in [1.82, 2.24) is 24.1 Å². The number of fused-ring (bicyclic) bond motifs is 1. The monoisotopic (exact) mass is 362 g/mol. The van der Waals surface area contributed by atoms with Crippen molar-refractivity contribution in [2.45, 2.75) is 38.5 Å². The average Bonchev–Trinajstić information content (AvgIpc) is 2.97. The van der Waals surface area contributed by atoms with Gasteiger partial charge in [-0.25, -0.2) is 4.98 Å². The van der Waals surface area contributed by atoms with Crippen LogP contribution in [0.4, 0.5) is 0 Å². The molecule has 0 saturated carbocycles. The minimum atomic E-state index is 0.186. The van der Waals surface area contributed by atoms with E-state index < -0.39 is 0 Å². The van der Waals surface area contributed by atoms with E-state index in [1.54, 1.807) is 12.3 Å². The minimum Gasteiger partial charge on any atom is -0.310 e. The van der Waals surface area contributed by atoms with Gasteiger partial charge in [-0.2, -0.15) is 9.50 Å². The van der Waals surface area contributed by atoms with Gasteiger partial charge in [0.1, 0.15) is 5.15 Å². The zero-order chi connectivity index (χ0) is 17.3. The van der Waals surface area contributed by atoms with Gasteiger partial charge in [-0.05, 0) is 38.7 Å². The number of pyridine rings is 1. The number of aryl methyl sites for hydroxylation is 1. The van der Waals surface area contributed by atoms with Gasteiger partial charge in [0.15, 0.2) is 5.49 Å². The van der Waals surface area contributed by atoms with E-state index in [0.29, 0.717) is 11.7 Å². The Morgan fingerprint density at radius 2 is 2.12 bits per heavy atom. The van der Waals surface area contributed by atoms with Crippen LogP contribution in [0.15, 0.2) is 34.5 Å². The quantitative estimate of drug-likeness (QED) is 0.529. The molecule has 0 atom stereocenters. The third kappa shape index (κ3) is 3.47. The summed E-state index contributed by atoms with van der Waals surface area (Å²) in [6.07, 6.45) is 3.75. The first-order valence-electron chi connectivity index (χ1n) is 7.63. The topological polar surface area (TPSA) is 60.4 Å². The molecule has 8 heteroatoms. The molecule has 0 fully saturated rings. The van der Waals surface area contributed by atoms with Gasteiger partial charge in [-0.15, -0.1) is 5.10 Å². The van der Waals surface area contributed by atoms with E-state index in [-0.39, 0.29) is 6.04 Å². The first kappa shape index (κ1) is 17.0. The molecule has 0 saturated heterocycles. The third-order valence-corrected chi connectivity index (χ3v) is 4.26. The summed E-state index contributed by atoms with van der Waals surface area (Å²) in [7, 11) is 0. The number of aromatic nitrogens is 5. The smallest absolute Gasteiger partial charge is 0.235 e. The molecule has 0 aromatic carbocycles. The highest BCUT2D eigenvalue weighted by Crippen LogP contribution is 2.14. The number of rotatable bonds is 4. The predicted molar refractivity (Wildman–Crippen MR) is 96.5 cm³/mol. The molecule has 0 amide bonds. The number of halogens is 1. The Bertz CT molecular complexity index is 926. The second kappa shape index (κ2) is 6.94. The van der Waals surface area contributed by atoms with Gasteiger partial charge < -0.3 is 4.57 Å². The molecule has 24 heavy (non-hydrogen) atoms. The van der Waals surface area contributed by atoms with Gasteiger partial charge in [-0.3, -0.25) is 4.99 Å². The van der Waals surface area contributed by atoms with Crippen LogP contribution >= 0.6 is 23.4 Å². The van der Waals surface area contributed by atoms with Crippen molar-refractivity contribution in [2.24, 2.45) is 4.99 Å². The second-order valence-corrected chi connectivity index (χ2v) is 6.91. The highest BCUT2D eigenvalue weighted by atomic mass is 35.5. The summed E-state index contributed by atoms with van der Waals surface area (Å²) in [6.45, 7) is 6.80. The molecule has 0 unspecified atom stereocenters. The molecule has 0 aliphatic rings. The average molecular weight is 363 g/mol. The zero-order valence-electron chi connectivity index (χ0n) is 14.1. The number of hydrogen-bond acceptors (Lipinski definition) is 5. The summed E-state index contributed by atoms with van der Waals surface area (Å²) in [6, 6.07) is 5.99. The SMILES string of the molecule is CSc1nc2n(Cc3ccc(Cl)nc3)c(C)c/c(=N\C(C)C)n2n1. The Morgan fingerprint density at radius 3 is 2.75 bits per heavy atom. The third-order valence-electron chi connectivity index (χ3n) is 3.50. The van der Waals surface area contributed by atoms with Crippen LogP contribution in [0.5, 0.6) is 0 Å². The molecule has 3 rings (SSSR count). The van der Waals surface area contributed by atoms with Crippen molar-refractivity contribution in [1.29, 1.82) is 0 Å². The molecular formula is C16H19ClN6S. The zero-order valence-corrected chi connectivity index (χ0v) is 15.6. The highest BCUT2D eigenvalue weighted by molar-refractivity contribution is 7.98. The van der Waals surface area contributed by atoms with E-state index in [1.807, 2.05) is 36.8 Å². The van der Waals surface area contributed by atoms with Gasteiger partial charge >= 0.3 is 0 Å². The fourth-order valence-electron chi connectivity index (χ4n) is 2.42. The van der Waals surface area contributed by atoms with Crippen molar-refractivity contribution in [2.75, 3.05) is 6.26 Å². The Kier molecular flexibility index (Phi) is 4.91. The Morgan fingerprint density at radius 1 is 1.33 bits per heavy atom. The molecular weight excluding hydrogens is 344 g/mol. The molecule has 3 aromatic rings. The molecule has 0 radical (unpaired) electrons. The molecule has 0 aliphatic carbocycles. The van der Waals surface area contributed by atoms with Crippen LogP contribution in [-0.4, -0.2) is 36.4 Å². The lowest BCUT2D eigenvalue weighted by atomic mass is 10.2. The molecule has 0 bridgehead atoms. The van der Waals surface area contributed by atoms with Gasteiger partial charge in [0.05, 0.1) is 6.54 Å². The number of nitrogens with zero attached hydrogens (tertiary/aromatic N) is 6. The van der Waals surface area contributed by atoms with Crippen LogP contribution in [-0.2, 0) is 6.54 Å². The van der Waals surface area contributed by atoms with Crippen LogP contribution in [0.1, 0.15) is 25.1 Å². The van der Waals surface area contributed by atoms with E-state index in [4.69, 9.17) is 11.6 Å². The number of thioether (sulfide) groups is 1. The first-order valence-corrected chi connectivity index (χ1v) is 9.23. The van der Waals surface area contributed by atoms with Crippen molar-refractivity contribution in [3.05, 3.63) is 46.3 Å². The summed E-state index contributed by atoms with van der Waals surface area (Å²) >= 11 is 7.39. The maximum absolute atomic E-state index is 5.87. The molecule has 126 valence electrons. The lowest BCUT2D eigenvalue weighted by Gasteiger charge is -2.12. The summed E-state index contributed by atoms with van der Waals surface area (Å²) in [5.74, 6) is 0.772. The normalized spacial score (nSPS) is 12.5. The van der Waals surface area contributed by atoms with E-state index in [2.05, 4.69) is 31.5 Å². The van der Waals surface area contributed by atoms with Crippen LogP contribution < -0.4 is 5.49 Å². The van der Waals surface area contributed by atoms with Gasteiger partial charge in [0.2, 0.25) is 10.9 Å². The fourth-order valence-corrected chi connectivity index (χ4v) is 2.87. The van der Waals surface area contributed by atoms with Gasteiger partial charge in [-0.1, -0.05) is 29.4 Å². The van der Waals surface area contributed by atoms with Crippen LogP contribution in [0.2, 0.25) is 5.15 Å². The highest BCUT2D eigenvalue weighted by Gasteiger charge is 2.12. The van der Waals surface area contributed by atoms with Crippen LogP contribution in [0.3, 0.4) is 0 Å². The Balaban J connectivity index is 2.19. The van der Waals surface area contributed by atoms with E-state index >= 15 is 0 Å². The lowest BCUT2D eigenvalue weighted by Crippen LogP contribution is -2.23. The van der Waals surface area contributed by atoms with Crippen molar-refractivity contribution in [3.8, 4) is 0 Å². The van der Waals surface area contributed by atoms with Gasteiger partial charge in [0, 0.05) is 24.0 Å². The largest absolute Gasteiger partial charge is 0.310 e. The molecule has 3 aromatic heterocycles. The number of hydrogen-bond donors (Lipinski definition) is 0. The Labute approximate surface area is 149 Å². The Hall–Kier alpha value is -1.86. The molecule has 3 heterocycles. The van der Waals surface area contributed by atoms with Crippen molar-refractivity contribution < 1.29 is 0 Å². The van der Waals surface area contributed by atoms with Gasteiger partial charge in [0.25, 0.3) is 0 Å². The molecule has 0 N–H and O–H groups in total. The maximum atomic E-state index is 5.87. The minimum absolute atomic E-state index is 0.186. The standard InChI is InChI=1S/C16H19ClN6S/c1-10(2)19-14-7-11(3)22(9-12-5-6-13(17)18-8-12)16-20-15(24-4)21-23(14)16/h5-8,10H,9H2,1-4H3/b19-14+. The van der Waals surface area contributed by atoms with E-state index in [1.165, 1.54) is 11.8 Å². The van der Waals surface area contributed by atoms with Crippen LogP contribution in [0, 0.1) is 6.92 Å². The summed E-state index contributed by atoms with van der Waals surface area (Å²) in [5, 5.41) is 5.77. The summed E-state index contributed by atoms with van der Waals surface area (Å²) in [5.41, 5.74) is 2.93. The summed E-state index contributed by atoms with van der Waals surface area (Å²) in [4.78, 5) is 13.5. The van der Waals surface area contributed by atoms with Crippen LogP contribution in [0.25, 0.3) is 5.78 Å². The first-order chi connectivity index (χ1) is 11.5. The maximum Gasteiger partial charge on any atom is 0.235 e. The van der Waals surface area contributed by atoms with E-state index in [9.17, 15) is 0 Å². The van der Waals surface area contributed by atoms with Crippen molar-refractivity contribution in [3.63, 3.8) is 0 Å². The van der Waals surface area contributed by atoms with E-state index in [0.717, 1.165) is 27.7 Å². The van der Waals surface area contributed by atoms with Crippen molar-refractivity contribution >= 4 is 29.1 Å². The summed E-state index contributed by atoms with van der Waals surface area (Å²) < 4.78 is 3.92.